The minimum atomic E-state index is -0.489. The molecule has 0 radical (unpaired) electrons. The Morgan fingerprint density at radius 2 is 1.78 bits per heavy atom. The van der Waals surface area contributed by atoms with E-state index in [2.05, 4.69) is 59.1 Å². The Kier molecular flexibility index (Phi) is 7.37. The highest BCUT2D eigenvalue weighted by molar-refractivity contribution is 5.85. The second-order valence-electron chi connectivity index (χ2n) is 9.45. The van der Waals surface area contributed by atoms with Crippen LogP contribution in [0.3, 0.4) is 0 Å². The number of likely N-dealkylation sites (N-methyl/N-ethyl adjacent to an activating group) is 1. The van der Waals surface area contributed by atoms with E-state index in [0.717, 1.165) is 17.9 Å². The number of hydrogen-bond acceptors (Lipinski definition) is 5. The molecule has 4 aromatic rings. The van der Waals surface area contributed by atoms with Crippen molar-refractivity contribution in [1.29, 1.82) is 0 Å². The number of halogens is 1. The number of para-hydroxylation sites is 1. The highest BCUT2D eigenvalue weighted by Crippen LogP contribution is 2.42. The molecular formula is C31H30FNO4. The van der Waals surface area contributed by atoms with Gasteiger partial charge in [0.15, 0.2) is 6.61 Å². The van der Waals surface area contributed by atoms with Crippen molar-refractivity contribution in [2.45, 2.75) is 25.0 Å². The standard InChI is InChI=1S/C31H30FNO4/c1-33(18-22-10-7-9-21-8-3-4-11-25(21)22)19-24-17-27(26-12-5-6-13-30(26)37-24)28-16-23(14-15-29(28)32)36-20-31(34)35-2/h3-16,24,27H,17-20H2,1-2H3. The zero-order valence-electron chi connectivity index (χ0n) is 21.0. The second-order valence-corrected chi connectivity index (χ2v) is 9.45. The summed E-state index contributed by atoms with van der Waals surface area (Å²) in [5.74, 6) is 0.187. The van der Waals surface area contributed by atoms with Gasteiger partial charge in [-0.1, -0.05) is 60.7 Å². The lowest BCUT2D eigenvalue weighted by molar-refractivity contribution is -0.142. The minimum Gasteiger partial charge on any atom is -0.489 e. The Labute approximate surface area is 216 Å². The number of fused-ring (bicyclic) bond motifs is 2. The zero-order chi connectivity index (χ0) is 25.8. The van der Waals surface area contributed by atoms with E-state index in [0.29, 0.717) is 24.3 Å². The van der Waals surface area contributed by atoms with Crippen LogP contribution in [0, 0.1) is 5.82 Å². The number of rotatable bonds is 8. The molecule has 0 saturated carbocycles. The largest absolute Gasteiger partial charge is 0.489 e. The molecule has 0 spiro atoms. The Balaban J connectivity index is 1.37. The molecule has 1 aliphatic rings. The molecule has 2 atom stereocenters. The number of ether oxygens (including phenoxy) is 3. The van der Waals surface area contributed by atoms with Crippen LogP contribution in [0.15, 0.2) is 84.9 Å². The van der Waals surface area contributed by atoms with E-state index in [1.165, 1.54) is 35.6 Å². The first-order valence-corrected chi connectivity index (χ1v) is 12.4. The molecule has 0 fully saturated rings. The molecule has 5 rings (SSSR count). The number of methoxy groups -OCH3 is 1. The zero-order valence-corrected chi connectivity index (χ0v) is 21.0. The average molecular weight is 500 g/mol. The molecule has 0 bridgehead atoms. The lowest BCUT2D eigenvalue weighted by Crippen LogP contribution is -2.37. The molecule has 2 unspecified atom stereocenters. The van der Waals surface area contributed by atoms with Crippen molar-refractivity contribution >= 4 is 16.7 Å². The molecular weight excluding hydrogens is 469 g/mol. The van der Waals surface area contributed by atoms with Gasteiger partial charge < -0.3 is 14.2 Å². The Hall–Kier alpha value is -3.90. The van der Waals surface area contributed by atoms with E-state index in [1.54, 1.807) is 6.07 Å². The van der Waals surface area contributed by atoms with E-state index in [1.807, 2.05) is 24.3 Å². The van der Waals surface area contributed by atoms with Crippen LogP contribution in [-0.2, 0) is 16.1 Å². The van der Waals surface area contributed by atoms with Crippen molar-refractivity contribution < 1.29 is 23.4 Å². The summed E-state index contributed by atoms with van der Waals surface area (Å²) in [6, 6.07) is 27.2. The number of carbonyl (C=O) groups is 1. The van der Waals surface area contributed by atoms with Crippen LogP contribution in [0.2, 0.25) is 0 Å². The van der Waals surface area contributed by atoms with Crippen LogP contribution >= 0.6 is 0 Å². The summed E-state index contributed by atoms with van der Waals surface area (Å²) in [7, 11) is 3.39. The predicted octanol–water partition coefficient (Wildman–Crippen LogP) is 5.95. The van der Waals surface area contributed by atoms with Crippen molar-refractivity contribution in [3.63, 3.8) is 0 Å². The third kappa shape index (κ3) is 5.59. The third-order valence-corrected chi connectivity index (χ3v) is 6.85. The molecule has 190 valence electrons. The number of carbonyl (C=O) groups excluding carboxylic acids is 1. The summed E-state index contributed by atoms with van der Waals surface area (Å²) in [6.45, 7) is 1.24. The highest BCUT2D eigenvalue weighted by Gasteiger charge is 2.32. The third-order valence-electron chi connectivity index (χ3n) is 6.85. The Morgan fingerprint density at radius 3 is 2.65 bits per heavy atom. The summed E-state index contributed by atoms with van der Waals surface area (Å²) >= 11 is 0. The molecule has 0 amide bonds. The van der Waals surface area contributed by atoms with Crippen molar-refractivity contribution in [3.05, 3.63) is 107 Å². The molecule has 0 saturated heterocycles. The molecule has 0 aromatic heterocycles. The van der Waals surface area contributed by atoms with Gasteiger partial charge in [-0.3, -0.25) is 4.90 Å². The first kappa shape index (κ1) is 24.8. The van der Waals surface area contributed by atoms with Gasteiger partial charge in [0, 0.05) is 24.6 Å². The van der Waals surface area contributed by atoms with Crippen molar-refractivity contribution in [3.8, 4) is 11.5 Å². The van der Waals surface area contributed by atoms with E-state index in [-0.39, 0.29) is 24.4 Å². The monoisotopic (exact) mass is 499 g/mol. The fraction of sp³-hybridized carbons (Fsp3) is 0.258. The van der Waals surface area contributed by atoms with Crippen LogP contribution in [-0.4, -0.2) is 44.3 Å². The lowest BCUT2D eigenvalue weighted by Gasteiger charge is -2.35. The van der Waals surface area contributed by atoms with Gasteiger partial charge >= 0.3 is 5.97 Å². The molecule has 1 aliphatic heterocycles. The molecule has 37 heavy (non-hydrogen) atoms. The maximum Gasteiger partial charge on any atom is 0.343 e. The van der Waals surface area contributed by atoms with Crippen LogP contribution in [0.5, 0.6) is 11.5 Å². The van der Waals surface area contributed by atoms with Crippen molar-refractivity contribution in [2.75, 3.05) is 27.3 Å². The second kappa shape index (κ2) is 11.0. The molecule has 6 heteroatoms. The van der Waals surface area contributed by atoms with Crippen LogP contribution in [0.4, 0.5) is 4.39 Å². The van der Waals surface area contributed by atoms with Crippen LogP contribution in [0.1, 0.15) is 29.0 Å². The summed E-state index contributed by atoms with van der Waals surface area (Å²) in [5.41, 5.74) is 2.73. The number of hydrogen-bond donors (Lipinski definition) is 0. The molecule has 5 nitrogen and oxygen atoms in total. The minimum absolute atomic E-state index is 0.126. The van der Waals surface area contributed by atoms with Crippen LogP contribution in [0.25, 0.3) is 10.8 Å². The Morgan fingerprint density at radius 1 is 1.00 bits per heavy atom. The van der Waals surface area contributed by atoms with Gasteiger partial charge in [0.2, 0.25) is 0 Å². The average Bonchev–Trinajstić information content (AvgIpc) is 2.92. The van der Waals surface area contributed by atoms with E-state index < -0.39 is 5.97 Å². The van der Waals surface area contributed by atoms with Crippen LogP contribution < -0.4 is 9.47 Å². The smallest absolute Gasteiger partial charge is 0.343 e. The summed E-state index contributed by atoms with van der Waals surface area (Å²) < 4.78 is 31.7. The first-order valence-electron chi connectivity index (χ1n) is 12.4. The number of nitrogens with zero attached hydrogens (tertiary/aromatic N) is 1. The summed E-state index contributed by atoms with van der Waals surface area (Å²) in [5, 5.41) is 2.47. The van der Waals surface area contributed by atoms with E-state index >= 15 is 4.39 Å². The lowest BCUT2D eigenvalue weighted by atomic mass is 9.83. The van der Waals surface area contributed by atoms with Gasteiger partial charge in [-0.15, -0.1) is 0 Å². The van der Waals surface area contributed by atoms with Gasteiger partial charge in [0.05, 0.1) is 7.11 Å². The first-order chi connectivity index (χ1) is 18.0. The summed E-state index contributed by atoms with van der Waals surface area (Å²) in [4.78, 5) is 13.8. The predicted molar refractivity (Wildman–Crippen MR) is 142 cm³/mol. The van der Waals surface area contributed by atoms with Gasteiger partial charge in [0.25, 0.3) is 0 Å². The van der Waals surface area contributed by atoms with Gasteiger partial charge in [-0.2, -0.15) is 0 Å². The van der Waals surface area contributed by atoms with E-state index in [9.17, 15) is 4.79 Å². The molecule has 4 aromatic carbocycles. The highest BCUT2D eigenvalue weighted by atomic mass is 19.1. The fourth-order valence-electron chi connectivity index (χ4n) is 5.11. The normalized spacial score (nSPS) is 16.8. The maximum atomic E-state index is 15.1. The topological polar surface area (TPSA) is 48.0 Å². The van der Waals surface area contributed by atoms with Gasteiger partial charge in [-0.25, -0.2) is 9.18 Å². The molecule has 1 heterocycles. The molecule has 0 N–H and O–H groups in total. The van der Waals surface area contributed by atoms with Crippen molar-refractivity contribution in [2.24, 2.45) is 0 Å². The quantitative estimate of drug-likeness (QED) is 0.281. The van der Waals surface area contributed by atoms with Gasteiger partial charge in [0.1, 0.15) is 23.4 Å². The Bertz CT molecular complexity index is 1400. The number of esters is 1. The van der Waals surface area contributed by atoms with E-state index in [4.69, 9.17) is 9.47 Å². The van der Waals surface area contributed by atoms with Crippen molar-refractivity contribution in [1.82, 2.24) is 4.90 Å². The maximum absolute atomic E-state index is 15.1. The van der Waals surface area contributed by atoms with Gasteiger partial charge in [-0.05, 0) is 59.6 Å². The SMILES string of the molecule is COC(=O)COc1ccc(F)c(C2CC(CN(C)Cc3cccc4ccccc34)Oc3ccccc32)c1. The summed E-state index contributed by atoms with van der Waals surface area (Å²) in [6.07, 6.45) is 0.493. The molecule has 0 aliphatic carbocycles. The fourth-order valence-corrected chi connectivity index (χ4v) is 5.11. The number of benzene rings is 4.